The van der Waals surface area contributed by atoms with Crippen molar-refractivity contribution in [2.45, 2.75) is 0 Å². The van der Waals surface area contributed by atoms with E-state index in [1.165, 1.54) is 36.4 Å². The summed E-state index contributed by atoms with van der Waals surface area (Å²) in [5.41, 5.74) is 1.35. The van der Waals surface area contributed by atoms with Gasteiger partial charge < -0.3 is 4.74 Å². The Bertz CT molecular complexity index is 1040. The van der Waals surface area contributed by atoms with E-state index in [0.29, 0.717) is 22.4 Å². The highest BCUT2D eigenvalue weighted by atomic mass is 16.6. The average Bonchev–Trinajstić information content (AvgIpc) is 2.73. The Morgan fingerprint density at radius 3 is 2.25 bits per heavy atom. The number of esters is 1. The molecule has 0 aromatic heterocycles. The van der Waals surface area contributed by atoms with Gasteiger partial charge in [-0.25, -0.2) is 4.79 Å². The molecule has 3 aromatic carbocycles. The van der Waals surface area contributed by atoms with Gasteiger partial charge in [-0.1, -0.05) is 36.4 Å². The number of hydrogen-bond donors (Lipinski definition) is 0. The zero-order chi connectivity index (χ0) is 19.9. The van der Waals surface area contributed by atoms with Gasteiger partial charge in [0.05, 0.1) is 10.5 Å². The van der Waals surface area contributed by atoms with Gasteiger partial charge in [-0.3, -0.25) is 14.9 Å². The second-order valence-electron chi connectivity index (χ2n) is 5.83. The smallest absolute Gasteiger partial charge is 0.343 e. The number of nitrogens with zero attached hydrogens (tertiary/aromatic N) is 1. The summed E-state index contributed by atoms with van der Waals surface area (Å²) in [7, 11) is 0. The number of allylic oxidation sites excluding steroid dienone is 1. The molecule has 0 aliphatic carbocycles. The van der Waals surface area contributed by atoms with Gasteiger partial charge in [-0.2, -0.15) is 0 Å². The molecule has 3 aromatic rings. The summed E-state index contributed by atoms with van der Waals surface area (Å²) in [4.78, 5) is 34.6. The number of benzene rings is 3. The van der Waals surface area contributed by atoms with Gasteiger partial charge in [0.15, 0.2) is 5.78 Å². The summed E-state index contributed by atoms with van der Waals surface area (Å²) < 4.78 is 5.27. The van der Waals surface area contributed by atoms with Crippen molar-refractivity contribution < 1.29 is 19.2 Å². The number of ketones is 1. The number of nitro groups is 1. The molecular formula is C22H15NO5. The van der Waals surface area contributed by atoms with Crippen LogP contribution < -0.4 is 4.74 Å². The van der Waals surface area contributed by atoms with Crippen LogP contribution in [-0.4, -0.2) is 16.7 Å². The summed E-state index contributed by atoms with van der Waals surface area (Å²) in [6.45, 7) is 0. The van der Waals surface area contributed by atoms with E-state index in [1.807, 2.05) is 0 Å². The largest absolute Gasteiger partial charge is 0.423 e. The third kappa shape index (κ3) is 4.76. The number of rotatable bonds is 6. The normalized spacial score (nSPS) is 10.6. The van der Waals surface area contributed by atoms with Crippen molar-refractivity contribution in [3.05, 3.63) is 112 Å². The van der Waals surface area contributed by atoms with Crippen LogP contribution >= 0.6 is 0 Å². The monoisotopic (exact) mass is 373 g/mol. The summed E-state index contributed by atoms with van der Waals surface area (Å²) in [5.74, 6) is -0.425. The van der Waals surface area contributed by atoms with Crippen molar-refractivity contribution in [2.24, 2.45) is 0 Å². The van der Waals surface area contributed by atoms with E-state index < -0.39 is 10.9 Å². The molecule has 0 unspecified atom stereocenters. The zero-order valence-corrected chi connectivity index (χ0v) is 14.6. The molecule has 138 valence electrons. The molecule has 0 aliphatic heterocycles. The van der Waals surface area contributed by atoms with E-state index in [1.54, 1.807) is 54.6 Å². The molecule has 0 saturated heterocycles. The van der Waals surface area contributed by atoms with Gasteiger partial charge in [0.25, 0.3) is 5.69 Å². The number of carbonyl (C=O) groups is 2. The first-order valence-corrected chi connectivity index (χ1v) is 8.37. The highest BCUT2D eigenvalue weighted by molar-refractivity contribution is 6.06. The summed E-state index contributed by atoms with van der Waals surface area (Å²) in [6, 6.07) is 20.8. The fourth-order valence-corrected chi connectivity index (χ4v) is 2.44. The van der Waals surface area contributed by atoms with Crippen LogP contribution in [0.4, 0.5) is 5.69 Å². The van der Waals surface area contributed by atoms with Gasteiger partial charge in [-0.05, 0) is 48.0 Å². The fourth-order valence-electron chi connectivity index (χ4n) is 2.44. The predicted octanol–water partition coefficient (Wildman–Crippen LogP) is 4.71. The van der Waals surface area contributed by atoms with E-state index in [0.717, 1.165) is 0 Å². The number of ether oxygens (including phenoxy) is 1. The maximum absolute atomic E-state index is 12.3. The number of nitro benzene ring substituents is 1. The van der Waals surface area contributed by atoms with Gasteiger partial charge in [-0.15, -0.1) is 0 Å². The van der Waals surface area contributed by atoms with E-state index >= 15 is 0 Å². The number of hydrogen-bond acceptors (Lipinski definition) is 5. The average molecular weight is 373 g/mol. The first-order chi connectivity index (χ1) is 13.5. The van der Waals surface area contributed by atoms with Gasteiger partial charge in [0.2, 0.25) is 0 Å². The molecule has 0 spiro atoms. The predicted molar refractivity (Wildman–Crippen MR) is 104 cm³/mol. The van der Waals surface area contributed by atoms with Crippen molar-refractivity contribution in [2.75, 3.05) is 0 Å². The molecule has 28 heavy (non-hydrogen) atoms. The van der Waals surface area contributed by atoms with E-state index in [-0.39, 0.29) is 11.5 Å². The molecular weight excluding hydrogens is 358 g/mol. The number of carbonyl (C=O) groups excluding carboxylic acids is 2. The molecule has 0 radical (unpaired) electrons. The first kappa shape index (κ1) is 18.7. The Morgan fingerprint density at radius 1 is 0.857 bits per heavy atom. The third-order valence-corrected chi connectivity index (χ3v) is 3.87. The maximum Gasteiger partial charge on any atom is 0.343 e. The molecule has 0 aliphatic rings. The Balaban J connectivity index is 1.66. The fraction of sp³-hybridized carbons (Fsp3) is 0. The van der Waals surface area contributed by atoms with E-state index in [2.05, 4.69) is 0 Å². The highest BCUT2D eigenvalue weighted by Crippen LogP contribution is 2.17. The Labute approximate surface area is 160 Å². The van der Waals surface area contributed by atoms with Crippen molar-refractivity contribution in [1.29, 1.82) is 0 Å². The highest BCUT2D eigenvalue weighted by Gasteiger charge is 2.09. The van der Waals surface area contributed by atoms with Crippen LogP contribution in [-0.2, 0) is 0 Å². The Kier molecular flexibility index (Phi) is 5.72. The zero-order valence-electron chi connectivity index (χ0n) is 14.6. The van der Waals surface area contributed by atoms with Crippen LogP contribution in [0.15, 0.2) is 84.9 Å². The van der Waals surface area contributed by atoms with Gasteiger partial charge in [0.1, 0.15) is 5.75 Å². The van der Waals surface area contributed by atoms with Crippen LogP contribution in [0, 0.1) is 10.1 Å². The molecule has 0 heterocycles. The molecule has 0 fully saturated rings. The lowest BCUT2D eigenvalue weighted by atomic mass is 10.1. The molecule has 0 bridgehead atoms. The maximum atomic E-state index is 12.3. The lowest BCUT2D eigenvalue weighted by Crippen LogP contribution is -2.08. The molecule has 6 heteroatoms. The van der Waals surface area contributed by atoms with Gasteiger partial charge >= 0.3 is 5.97 Å². The van der Waals surface area contributed by atoms with Crippen molar-refractivity contribution in [1.82, 2.24) is 0 Å². The molecule has 3 rings (SSSR count). The van der Waals surface area contributed by atoms with Crippen LogP contribution in [0.25, 0.3) is 6.08 Å². The van der Waals surface area contributed by atoms with Crippen LogP contribution in [0.1, 0.15) is 26.3 Å². The second kappa shape index (κ2) is 8.55. The lowest BCUT2D eigenvalue weighted by molar-refractivity contribution is -0.384. The summed E-state index contributed by atoms with van der Waals surface area (Å²) in [6.07, 6.45) is 2.85. The minimum Gasteiger partial charge on any atom is -0.423 e. The molecule has 6 nitrogen and oxygen atoms in total. The number of non-ortho nitro benzene ring substituents is 1. The second-order valence-corrected chi connectivity index (χ2v) is 5.83. The lowest BCUT2D eigenvalue weighted by Gasteiger charge is -2.04. The van der Waals surface area contributed by atoms with Crippen molar-refractivity contribution >= 4 is 23.5 Å². The van der Waals surface area contributed by atoms with Crippen LogP contribution in [0.2, 0.25) is 0 Å². The topological polar surface area (TPSA) is 86.5 Å². The van der Waals surface area contributed by atoms with Crippen molar-refractivity contribution in [3.8, 4) is 5.75 Å². The van der Waals surface area contributed by atoms with E-state index in [9.17, 15) is 19.7 Å². The molecule has 0 atom stereocenters. The van der Waals surface area contributed by atoms with Crippen LogP contribution in [0.3, 0.4) is 0 Å². The standard InChI is InChI=1S/C22H15NO5/c24-21(14-9-16-5-4-8-19(15-16)23(26)27)17-10-12-20(13-11-17)28-22(25)18-6-2-1-3-7-18/h1-15H/b14-9+. The minimum atomic E-state index is -0.491. The molecule has 0 amide bonds. The minimum absolute atomic E-state index is 0.0424. The molecule has 0 N–H and O–H groups in total. The van der Waals surface area contributed by atoms with Gasteiger partial charge in [0, 0.05) is 17.7 Å². The first-order valence-electron chi connectivity index (χ1n) is 8.37. The summed E-state index contributed by atoms with van der Waals surface area (Å²) >= 11 is 0. The quantitative estimate of drug-likeness (QED) is 0.156. The Hall–Kier alpha value is -4.06. The Morgan fingerprint density at radius 2 is 1.57 bits per heavy atom. The van der Waals surface area contributed by atoms with E-state index in [4.69, 9.17) is 4.74 Å². The summed E-state index contributed by atoms with van der Waals surface area (Å²) in [5, 5.41) is 10.8. The van der Waals surface area contributed by atoms with Crippen molar-refractivity contribution in [3.63, 3.8) is 0 Å². The van der Waals surface area contributed by atoms with Crippen LogP contribution in [0.5, 0.6) is 5.75 Å². The SMILES string of the molecule is O=C(/C=C/c1cccc([N+](=O)[O-])c1)c1ccc(OC(=O)c2ccccc2)cc1. The molecule has 0 saturated carbocycles. The third-order valence-electron chi connectivity index (χ3n) is 3.87.